The number of aliphatic hydroxyl groups is 1. The monoisotopic (exact) mass is 348 g/mol. The second kappa shape index (κ2) is 7.87. The van der Waals surface area contributed by atoms with Crippen molar-refractivity contribution >= 4 is 11.9 Å². The number of ether oxygens (including phenoxy) is 1. The van der Waals surface area contributed by atoms with Crippen LogP contribution in [0.2, 0.25) is 0 Å². The first-order valence-corrected chi connectivity index (χ1v) is 8.82. The van der Waals surface area contributed by atoms with Crippen molar-refractivity contribution in [3.05, 3.63) is 29.8 Å². The van der Waals surface area contributed by atoms with E-state index in [1.807, 2.05) is 31.2 Å². The standard InChI is InChI=1S/C19H28N2O4/c1-5-10-19(4)17(23)21(18(24)20-19)11-14(22)12-25-16-9-7-6-8-15(16)13(2)3/h6-9,13-14,22H,5,10-12H2,1-4H3,(H,20,24). The zero-order valence-electron chi connectivity index (χ0n) is 15.4. The molecule has 0 bridgehead atoms. The van der Waals surface area contributed by atoms with Crippen molar-refractivity contribution in [1.82, 2.24) is 10.2 Å². The summed E-state index contributed by atoms with van der Waals surface area (Å²) in [4.78, 5) is 25.6. The van der Waals surface area contributed by atoms with Gasteiger partial charge in [-0.1, -0.05) is 45.4 Å². The molecule has 0 aliphatic carbocycles. The number of para-hydroxylation sites is 1. The Bertz CT molecular complexity index is 632. The third-order valence-corrected chi connectivity index (χ3v) is 4.46. The van der Waals surface area contributed by atoms with Gasteiger partial charge in [-0.2, -0.15) is 0 Å². The number of rotatable bonds is 8. The largest absolute Gasteiger partial charge is 0.491 e. The van der Waals surface area contributed by atoms with E-state index in [0.717, 1.165) is 16.9 Å². The van der Waals surface area contributed by atoms with Gasteiger partial charge in [-0.25, -0.2) is 4.79 Å². The van der Waals surface area contributed by atoms with Gasteiger partial charge in [0.15, 0.2) is 0 Å². The Morgan fingerprint density at radius 3 is 2.60 bits per heavy atom. The normalized spacial score (nSPS) is 21.6. The Morgan fingerprint density at radius 1 is 1.28 bits per heavy atom. The number of nitrogens with zero attached hydrogens (tertiary/aromatic N) is 1. The first kappa shape index (κ1) is 19.2. The molecule has 2 atom stereocenters. The summed E-state index contributed by atoms with van der Waals surface area (Å²) in [6, 6.07) is 7.21. The van der Waals surface area contributed by atoms with Crippen LogP contribution >= 0.6 is 0 Å². The molecule has 1 fully saturated rings. The molecule has 1 aliphatic rings. The van der Waals surface area contributed by atoms with Gasteiger partial charge in [-0.3, -0.25) is 9.69 Å². The van der Waals surface area contributed by atoms with Crippen LogP contribution in [0.1, 0.15) is 52.0 Å². The number of aliphatic hydroxyl groups excluding tert-OH is 1. The topological polar surface area (TPSA) is 78.9 Å². The van der Waals surface area contributed by atoms with Crippen LogP contribution in [-0.2, 0) is 4.79 Å². The van der Waals surface area contributed by atoms with Crippen LogP contribution < -0.4 is 10.1 Å². The van der Waals surface area contributed by atoms with Gasteiger partial charge in [-0.15, -0.1) is 0 Å². The second-order valence-corrected chi connectivity index (χ2v) is 7.09. The lowest BCUT2D eigenvalue weighted by Crippen LogP contribution is -2.44. The van der Waals surface area contributed by atoms with E-state index in [0.29, 0.717) is 18.1 Å². The Hall–Kier alpha value is -2.08. The lowest BCUT2D eigenvalue weighted by atomic mass is 9.96. The van der Waals surface area contributed by atoms with Crippen LogP contribution in [0.25, 0.3) is 0 Å². The average Bonchev–Trinajstić information content (AvgIpc) is 2.76. The average molecular weight is 348 g/mol. The van der Waals surface area contributed by atoms with Crippen molar-refractivity contribution in [2.75, 3.05) is 13.2 Å². The number of imide groups is 1. The van der Waals surface area contributed by atoms with Crippen LogP contribution in [0.3, 0.4) is 0 Å². The lowest BCUT2D eigenvalue weighted by molar-refractivity contribution is -0.132. The molecule has 1 heterocycles. The minimum atomic E-state index is -0.945. The predicted molar refractivity (Wildman–Crippen MR) is 95.6 cm³/mol. The van der Waals surface area contributed by atoms with Crippen LogP contribution in [0.5, 0.6) is 5.75 Å². The molecule has 1 aromatic rings. The molecule has 0 saturated carbocycles. The summed E-state index contributed by atoms with van der Waals surface area (Å²) < 4.78 is 5.72. The molecule has 2 unspecified atom stereocenters. The van der Waals surface area contributed by atoms with Gasteiger partial charge in [0, 0.05) is 0 Å². The number of carbonyl (C=O) groups excluding carboxylic acids is 2. The molecule has 138 valence electrons. The summed E-state index contributed by atoms with van der Waals surface area (Å²) in [5.74, 6) is 0.722. The third kappa shape index (κ3) is 4.31. The number of benzene rings is 1. The van der Waals surface area contributed by atoms with Crippen LogP contribution in [-0.4, -0.2) is 46.7 Å². The van der Waals surface area contributed by atoms with Crippen molar-refractivity contribution < 1.29 is 19.4 Å². The number of β-amino-alcohol motifs (C(OH)–C–C–N with tert-alkyl or cyclic N) is 1. The molecule has 0 spiro atoms. The smallest absolute Gasteiger partial charge is 0.325 e. The molecule has 25 heavy (non-hydrogen) atoms. The van der Waals surface area contributed by atoms with Crippen molar-refractivity contribution in [2.24, 2.45) is 0 Å². The zero-order valence-corrected chi connectivity index (χ0v) is 15.4. The van der Waals surface area contributed by atoms with E-state index < -0.39 is 17.7 Å². The predicted octanol–water partition coefficient (Wildman–Crippen LogP) is 2.66. The zero-order chi connectivity index (χ0) is 18.6. The molecule has 2 N–H and O–H groups in total. The van der Waals surface area contributed by atoms with Crippen LogP contribution in [0.15, 0.2) is 24.3 Å². The van der Waals surface area contributed by atoms with Gasteiger partial charge in [0.05, 0.1) is 6.54 Å². The van der Waals surface area contributed by atoms with E-state index in [9.17, 15) is 14.7 Å². The highest BCUT2D eigenvalue weighted by Crippen LogP contribution is 2.26. The molecule has 0 radical (unpaired) electrons. The molecule has 3 amide bonds. The molecular formula is C19H28N2O4. The van der Waals surface area contributed by atoms with Crippen molar-refractivity contribution in [3.63, 3.8) is 0 Å². The lowest BCUT2D eigenvalue weighted by Gasteiger charge is -2.22. The first-order chi connectivity index (χ1) is 11.8. The van der Waals surface area contributed by atoms with Crippen molar-refractivity contribution in [1.29, 1.82) is 0 Å². The Kier molecular flexibility index (Phi) is 6.06. The van der Waals surface area contributed by atoms with E-state index in [4.69, 9.17) is 4.74 Å². The highest BCUT2D eigenvalue weighted by Gasteiger charge is 2.47. The van der Waals surface area contributed by atoms with Crippen LogP contribution in [0, 0.1) is 0 Å². The van der Waals surface area contributed by atoms with Gasteiger partial charge in [0.1, 0.15) is 24.0 Å². The van der Waals surface area contributed by atoms with Gasteiger partial charge in [0.2, 0.25) is 0 Å². The fourth-order valence-corrected chi connectivity index (χ4v) is 3.12. The molecule has 6 heteroatoms. The fraction of sp³-hybridized carbons (Fsp3) is 0.579. The summed E-state index contributed by atoms with van der Waals surface area (Å²) in [5, 5.41) is 13.0. The molecule has 2 rings (SSSR count). The van der Waals surface area contributed by atoms with Gasteiger partial charge in [-0.05, 0) is 30.9 Å². The minimum absolute atomic E-state index is 0.0191. The summed E-state index contributed by atoms with van der Waals surface area (Å²) in [6.45, 7) is 7.76. The molecule has 1 aromatic carbocycles. The maximum Gasteiger partial charge on any atom is 0.325 e. The fourth-order valence-electron chi connectivity index (χ4n) is 3.12. The number of amides is 3. The van der Waals surface area contributed by atoms with E-state index in [-0.39, 0.29) is 19.1 Å². The number of carbonyl (C=O) groups is 2. The van der Waals surface area contributed by atoms with Crippen LogP contribution in [0.4, 0.5) is 4.79 Å². The summed E-state index contributed by atoms with van der Waals surface area (Å²) in [7, 11) is 0. The van der Waals surface area contributed by atoms with Gasteiger partial charge < -0.3 is 15.2 Å². The van der Waals surface area contributed by atoms with Crippen molar-refractivity contribution in [2.45, 2.75) is 58.1 Å². The number of nitrogens with one attached hydrogen (secondary N) is 1. The third-order valence-electron chi connectivity index (χ3n) is 4.46. The first-order valence-electron chi connectivity index (χ1n) is 8.82. The number of hydrogen-bond acceptors (Lipinski definition) is 4. The number of urea groups is 1. The SMILES string of the molecule is CCCC1(C)NC(=O)N(CC(O)COc2ccccc2C(C)C)C1=O. The molecule has 6 nitrogen and oxygen atoms in total. The molecule has 1 aliphatic heterocycles. The van der Waals surface area contributed by atoms with Gasteiger partial charge >= 0.3 is 6.03 Å². The summed E-state index contributed by atoms with van der Waals surface area (Å²) in [5.41, 5.74) is 0.177. The second-order valence-electron chi connectivity index (χ2n) is 7.09. The Balaban J connectivity index is 1.96. The Morgan fingerprint density at radius 2 is 1.96 bits per heavy atom. The van der Waals surface area contributed by atoms with Gasteiger partial charge in [0.25, 0.3) is 5.91 Å². The highest BCUT2D eigenvalue weighted by atomic mass is 16.5. The summed E-state index contributed by atoms with van der Waals surface area (Å²) >= 11 is 0. The summed E-state index contributed by atoms with van der Waals surface area (Å²) in [6.07, 6.45) is 0.412. The van der Waals surface area contributed by atoms with E-state index in [1.54, 1.807) is 6.92 Å². The van der Waals surface area contributed by atoms with E-state index in [1.165, 1.54) is 0 Å². The maximum atomic E-state index is 12.5. The molecular weight excluding hydrogens is 320 g/mol. The van der Waals surface area contributed by atoms with E-state index in [2.05, 4.69) is 19.2 Å². The maximum absolute atomic E-state index is 12.5. The molecule has 0 aromatic heterocycles. The van der Waals surface area contributed by atoms with E-state index >= 15 is 0 Å². The van der Waals surface area contributed by atoms with Crippen molar-refractivity contribution in [3.8, 4) is 5.75 Å². The molecule has 1 saturated heterocycles. The number of hydrogen-bond donors (Lipinski definition) is 2. The highest BCUT2D eigenvalue weighted by molar-refractivity contribution is 6.06. The Labute approximate surface area is 149 Å². The minimum Gasteiger partial charge on any atom is -0.491 e. The quantitative estimate of drug-likeness (QED) is 0.708.